The molecule has 1 aromatic heterocycles. The normalized spacial score (nSPS) is 14.7. The Morgan fingerprint density at radius 1 is 1.35 bits per heavy atom. The average molecular weight is 290 g/mol. The van der Waals surface area contributed by atoms with Crippen molar-refractivity contribution in [2.75, 3.05) is 0 Å². The molecule has 1 heterocycles. The van der Waals surface area contributed by atoms with Crippen LogP contribution in [0.15, 0.2) is 30.5 Å². The smallest absolute Gasteiger partial charge is 0.0682 e. The van der Waals surface area contributed by atoms with Gasteiger partial charge in [-0.1, -0.05) is 24.6 Å². The average Bonchev–Trinajstić information content (AvgIpc) is 3.17. The van der Waals surface area contributed by atoms with Gasteiger partial charge in [0, 0.05) is 35.9 Å². The summed E-state index contributed by atoms with van der Waals surface area (Å²) in [6, 6.07) is 9.01. The Morgan fingerprint density at radius 2 is 2.20 bits per heavy atom. The molecule has 0 spiro atoms. The Bertz CT molecular complexity index is 587. The maximum atomic E-state index is 6.30. The second-order valence-electron chi connectivity index (χ2n) is 5.40. The largest absolute Gasteiger partial charge is 0.310 e. The summed E-state index contributed by atoms with van der Waals surface area (Å²) in [4.78, 5) is 0. The highest BCUT2D eigenvalue weighted by Gasteiger charge is 2.20. The van der Waals surface area contributed by atoms with Gasteiger partial charge in [-0.15, -0.1) is 0 Å². The van der Waals surface area contributed by atoms with E-state index >= 15 is 0 Å². The quantitative estimate of drug-likeness (QED) is 0.875. The van der Waals surface area contributed by atoms with Crippen LogP contribution in [0.4, 0.5) is 0 Å². The van der Waals surface area contributed by atoms with Crippen molar-refractivity contribution in [3.8, 4) is 11.3 Å². The van der Waals surface area contributed by atoms with Gasteiger partial charge in [0.15, 0.2) is 0 Å². The van der Waals surface area contributed by atoms with Crippen molar-refractivity contribution in [1.82, 2.24) is 15.1 Å². The fourth-order valence-corrected chi connectivity index (χ4v) is 2.56. The topological polar surface area (TPSA) is 29.9 Å². The van der Waals surface area contributed by atoms with Crippen LogP contribution in [0, 0.1) is 0 Å². The van der Waals surface area contributed by atoms with E-state index in [4.69, 9.17) is 11.6 Å². The van der Waals surface area contributed by atoms with E-state index in [-0.39, 0.29) is 0 Å². The van der Waals surface area contributed by atoms with Crippen LogP contribution in [0.25, 0.3) is 11.3 Å². The molecule has 1 aliphatic rings. The van der Waals surface area contributed by atoms with Crippen LogP contribution >= 0.6 is 11.6 Å². The Balaban J connectivity index is 1.84. The van der Waals surface area contributed by atoms with Gasteiger partial charge in [-0.05, 0) is 43.0 Å². The van der Waals surface area contributed by atoms with Crippen molar-refractivity contribution >= 4 is 11.6 Å². The molecule has 0 unspecified atom stereocenters. The number of hydrogen-bond donors (Lipinski definition) is 1. The standard InChI is InChI=1S/C16H20ClN3/c1-2-9-20-16(7-8-19-20)12-3-6-15(17)13(10-12)11-18-14-4-5-14/h3,6-8,10,14,18H,2,4-5,9,11H2,1H3. The van der Waals surface area contributed by atoms with Crippen LogP contribution in [0.5, 0.6) is 0 Å². The van der Waals surface area contributed by atoms with E-state index in [0.717, 1.165) is 30.2 Å². The lowest BCUT2D eigenvalue weighted by Crippen LogP contribution is -2.15. The molecule has 1 saturated carbocycles. The number of aromatic nitrogens is 2. The number of nitrogens with one attached hydrogen (secondary N) is 1. The number of rotatable bonds is 6. The van der Waals surface area contributed by atoms with Gasteiger partial charge < -0.3 is 5.32 Å². The zero-order valence-corrected chi connectivity index (χ0v) is 12.5. The molecule has 0 saturated heterocycles. The highest BCUT2D eigenvalue weighted by molar-refractivity contribution is 6.31. The monoisotopic (exact) mass is 289 g/mol. The van der Waals surface area contributed by atoms with Gasteiger partial charge in [-0.2, -0.15) is 5.10 Å². The first-order chi connectivity index (χ1) is 9.78. The third-order valence-electron chi connectivity index (χ3n) is 3.65. The van der Waals surface area contributed by atoms with Crippen LogP contribution in [0.3, 0.4) is 0 Å². The van der Waals surface area contributed by atoms with Crippen molar-refractivity contribution in [3.63, 3.8) is 0 Å². The summed E-state index contributed by atoms with van der Waals surface area (Å²) in [5.74, 6) is 0. The molecule has 1 N–H and O–H groups in total. The molecule has 1 aromatic carbocycles. The Hall–Kier alpha value is -1.32. The Kier molecular flexibility index (Phi) is 4.08. The molecule has 3 nitrogen and oxygen atoms in total. The Morgan fingerprint density at radius 3 is 2.95 bits per heavy atom. The van der Waals surface area contributed by atoms with Gasteiger partial charge in [0.1, 0.15) is 0 Å². The summed E-state index contributed by atoms with van der Waals surface area (Å²) >= 11 is 6.30. The first kappa shape index (κ1) is 13.7. The molecule has 4 heteroatoms. The van der Waals surface area contributed by atoms with E-state index in [9.17, 15) is 0 Å². The summed E-state index contributed by atoms with van der Waals surface area (Å²) in [7, 11) is 0. The number of benzene rings is 1. The van der Waals surface area contributed by atoms with Gasteiger partial charge in [0.25, 0.3) is 0 Å². The first-order valence-corrected chi connectivity index (χ1v) is 7.69. The fraction of sp³-hybridized carbons (Fsp3) is 0.438. The second kappa shape index (κ2) is 5.98. The van der Waals surface area contributed by atoms with Gasteiger partial charge >= 0.3 is 0 Å². The molecule has 0 bridgehead atoms. The lowest BCUT2D eigenvalue weighted by atomic mass is 10.1. The minimum Gasteiger partial charge on any atom is -0.310 e. The van der Waals surface area contributed by atoms with Crippen molar-refractivity contribution in [3.05, 3.63) is 41.0 Å². The van der Waals surface area contributed by atoms with E-state index in [1.165, 1.54) is 24.0 Å². The maximum absolute atomic E-state index is 6.30. The molecule has 20 heavy (non-hydrogen) atoms. The molecule has 2 aromatic rings. The molecule has 1 aliphatic carbocycles. The van der Waals surface area contributed by atoms with Gasteiger partial charge in [-0.25, -0.2) is 0 Å². The van der Waals surface area contributed by atoms with E-state index in [1.54, 1.807) is 0 Å². The lowest BCUT2D eigenvalue weighted by molar-refractivity contribution is 0.609. The summed E-state index contributed by atoms with van der Waals surface area (Å²) in [5.41, 5.74) is 3.52. The predicted molar refractivity (Wildman–Crippen MR) is 82.8 cm³/mol. The SMILES string of the molecule is CCCn1nccc1-c1ccc(Cl)c(CNC2CC2)c1. The first-order valence-electron chi connectivity index (χ1n) is 7.32. The lowest BCUT2D eigenvalue weighted by Gasteiger charge is -2.10. The van der Waals surface area contributed by atoms with E-state index < -0.39 is 0 Å². The third-order valence-corrected chi connectivity index (χ3v) is 4.02. The van der Waals surface area contributed by atoms with Gasteiger partial charge in [0.2, 0.25) is 0 Å². The summed E-state index contributed by atoms with van der Waals surface area (Å²) in [6.07, 6.45) is 5.53. The fourth-order valence-electron chi connectivity index (χ4n) is 2.38. The molecular weight excluding hydrogens is 270 g/mol. The molecule has 1 fully saturated rings. The zero-order valence-electron chi connectivity index (χ0n) is 11.8. The van der Waals surface area contributed by atoms with Crippen molar-refractivity contribution in [2.45, 2.75) is 45.3 Å². The maximum Gasteiger partial charge on any atom is 0.0682 e. The number of hydrogen-bond acceptors (Lipinski definition) is 2. The minimum absolute atomic E-state index is 0.695. The van der Waals surface area contributed by atoms with Crippen molar-refractivity contribution in [2.24, 2.45) is 0 Å². The van der Waals surface area contributed by atoms with Crippen LogP contribution in [-0.4, -0.2) is 15.8 Å². The highest BCUT2D eigenvalue weighted by Crippen LogP contribution is 2.26. The van der Waals surface area contributed by atoms with Crippen LogP contribution in [0.1, 0.15) is 31.7 Å². The number of halogens is 1. The third kappa shape index (κ3) is 3.05. The molecule has 106 valence electrons. The van der Waals surface area contributed by atoms with Gasteiger partial charge in [-0.3, -0.25) is 4.68 Å². The van der Waals surface area contributed by atoms with Crippen LogP contribution in [0.2, 0.25) is 5.02 Å². The zero-order chi connectivity index (χ0) is 13.9. The summed E-state index contributed by atoms with van der Waals surface area (Å²) < 4.78 is 2.06. The number of aryl methyl sites for hydroxylation is 1. The van der Waals surface area contributed by atoms with Crippen LogP contribution in [-0.2, 0) is 13.1 Å². The van der Waals surface area contributed by atoms with Crippen molar-refractivity contribution in [1.29, 1.82) is 0 Å². The molecule has 0 aliphatic heterocycles. The molecule has 0 atom stereocenters. The van der Waals surface area contributed by atoms with E-state index in [1.807, 2.05) is 12.3 Å². The van der Waals surface area contributed by atoms with Gasteiger partial charge in [0.05, 0.1) is 5.69 Å². The highest BCUT2D eigenvalue weighted by atomic mass is 35.5. The predicted octanol–water partition coefficient (Wildman–Crippen LogP) is 3.87. The Labute approximate surface area is 124 Å². The molecule has 3 rings (SSSR count). The molecule has 0 radical (unpaired) electrons. The summed E-state index contributed by atoms with van der Waals surface area (Å²) in [6.45, 7) is 3.96. The molecular formula is C16H20ClN3. The molecule has 0 amide bonds. The van der Waals surface area contributed by atoms with E-state index in [2.05, 4.69) is 40.2 Å². The van der Waals surface area contributed by atoms with E-state index in [0.29, 0.717) is 6.04 Å². The van der Waals surface area contributed by atoms with Crippen LogP contribution < -0.4 is 5.32 Å². The summed E-state index contributed by atoms with van der Waals surface area (Å²) in [5, 5.41) is 8.74. The number of nitrogens with zero attached hydrogens (tertiary/aromatic N) is 2. The minimum atomic E-state index is 0.695. The van der Waals surface area contributed by atoms with Crippen molar-refractivity contribution < 1.29 is 0 Å². The second-order valence-corrected chi connectivity index (χ2v) is 5.81.